The molecule has 3 aromatic heterocycles. The van der Waals surface area contributed by atoms with Crippen molar-refractivity contribution in [1.82, 2.24) is 24.6 Å². The predicted molar refractivity (Wildman–Crippen MR) is 111 cm³/mol. The van der Waals surface area contributed by atoms with Gasteiger partial charge in [0.15, 0.2) is 5.65 Å². The van der Waals surface area contributed by atoms with Crippen LogP contribution in [0.4, 0.5) is 11.8 Å². The number of hydrogen-bond donors (Lipinski definition) is 1. The molecule has 0 aromatic carbocycles. The highest BCUT2D eigenvalue weighted by Gasteiger charge is 2.37. The van der Waals surface area contributed by atoms with E-state index >= 15 is 0 Å². The minimum absolute atomic E-state index is 0.322. The predicted octanol–water partition coefficient (Wildman–Crippen LogP) is 4.07. The molecule has 1 aliphatic carbocycles. The van der Waals surface area contributed by atoms with E-state index in [1.165, 1.54) is 50.3 Å². The molecule has 146 valence electrons. The quantitative estimate of drug-likeness (QED) is 0.690. The SMILES string of the molecule is Nc1nccc(Sc2cnc(N3CCC4(CCCC4)CC3)n3ncnc23)c1Cl. The van der Waals surface area contributed by atoms with E-state index in [0.717, 1.165) is 34.5 Å². The van der Waals surface area contributed by atoms with Crippen LogP contribution in [0.3, 0.4) is 0 Å². The number of anilines is 2. The summed E-state index contributed by atoms with van der Waals surface area (Å²) in [4.78, 5) is 17.3. The first kappa shape index (κ1) is 18.0. The lowest BCUT2D eigenvalue weighted by Crippen LogP contribution is -2.40. The topological polar surface area (TPSA) is 85.2 Å². The van der Waals surface area contributed by atoms with Crippen molar-refractivity contribution >= 4 is 40.8 Å². The molecule has 2 N–H and O–H groups in total. The zero-order valence-electron chi connectivity index (χ0n) is 15.5. The number of nitrogens with zero attached hydrogens (tertiary/aromatic N) is 6. The van der Waals surface area contributed by atoms with Crippen LogP contribution in [0.1, 0.15) is 38.5 Å². The van der Waals surface area contributed by atoms with Gasteiger partial charge in [0.05, 0.1) is 9.92 Å². The summed E-state index contributed by atoms with van der Waals surface area (Å²) in [5.74, 6) is 1.19. The molecule has 1 spiro atoms. The Labute approximate surface area is 172 Å². The first-order chi connectivity index (χ1) is 13.7. The highest BCUT2D eigenvalue weighted by atomic mass is 35.5. The van der Waals surface area contributed by atoms with Crippen molar-refractivity contribution in [2.24, 2.45) is 5.41 Å². The van der Waals surface area contributed by atoms with Gasteiger partial charge in [0.2, 0.25) is 5.95 Å². The first-order valence-corrected chi connectivity index (χ1v) is 10.9. The number of halogens is 1. The Morgan fingerprint density at radius 2 is 1.82 bits per heavy atom. The number of nitrogens with two attached hydrogens (primary N) is 1. The van der Waals surface area contributed by atoms with Gasteiger partial charge in [0, 0.05) is 30.4 Å². The Morgan fingerprint density at radius 1 is 1.04 bits per heavy atom. The largest absolute Gasteiger partial charge is 0.382 e. The second-order valence-electron chi connectivity index (χ2n) is 7.72. The van der Waals surface area contributed by atoms with Crippen LogP contribution in [0.5, 0.6) is 0 Å². The molecule has 0 atom stereocenters. The highest BCUT2D eigenvalue weighted by Crippen LogP contribution is 2.46. The average molecular weight is 416 g/mol. The number of aromatic nitrogens is 5. The standard InChI is InChI=1S/C19H22ClN7S/c20-15-13(3-8-22-16(15)21)28-14-11-23-18(27-17(14)24-12-25-27)26-9-6-19(7-10-26)4-1-2-5-19/h3,8,11-12H,1-2,4-7,9-10H2,(H2,21,22). The minimum Gasteiger partial charge on any atom is -0.382 e. The molecule has 28 heavy (non-hydrogen) atoms. The average Bonchev–Trinajstić information content (AvgIpc) is 3.37. The normalized spacial score (nSPS) is 19.0. The lowest BCUT2D eigenvalue weighted by atomic mass is 9.77. The Bertz CT molecular complexity index is 1000. The van der Waals surface area contributed by atoms with Crippen LogP contribution in [-0.2, 0) is 0 Å². The monoisotopic (exact) mass is 415 g/mol. The molecular formula is C19H22ClN7S. The fourth-order valence-corrected chi connectivity index (χ4v) is 5.64. The van der Waals surface area contributed by atoms with Gasteiger partial charge < -0.3 is 10.6 Å². The number of hydrogen-bond acceptors (Lipinski definition) is 7. The van der Waals surface area contributed by atoms with Crippen LogP contribution in [-0.4, -0.2) is 37.7 Å². The van der Waals surface area contributed by atoms with E-state index in [2.05, 4.69) is 20.0 Å². The zero-order chi connectivity index (χ0) is 19.1. The summed E-state index contributed by atoms with van der Waals surface area (Å²) in [6, 6.07) is 1.84. The minimum atomic E-state index is 0.322. The van der Waals surface area contributed by atoms with Crippen LogP contribution in [0.15, 0.2) is 34.6 Å². The summed E-state index contributed by atoms with van der Waals surface area (Å²) in [5, 5.41) is 4.89. The lowest BCUT2D eigenvalue weighted by molar-refractivity contribution is 0.225. The summed E-state index contributed by atoms with van der Waals surface area (Å²) in [6.07, 6.45) is 13.1. The second kappa shape index (κ2) is 7.08. The fraction of sp³-hybridized carbons (Fsp3) is 0.474. The van der Waals surface area contributed by atoms with Gasteiger partial charge in [-0.1, -0.05) is 36.2 Å². The van der Waals surface area contributed by atoms with Gasteiger partial charge in [-0.3, -0.25) is 0 Å². The fourth-order valence-electron chi connectivity index (χ4n) is 4.52. The number of nitrogen functional groups attached to an aromatic ring is 1. The molecule has 2 aliphatic rings. The van der Waals surface area contributed by atoms with E-state index in [1.54, 1.807) is 12.5 Å². The van der Waals surface area contributed by atoms with E-state index in [1.807, 2.05) is 16.8 Å². The molecule has 2 fully saturated rings. The molecule has 9 heteroatoms. The van der Waals surface area contributed by atoms with E-state index in [9.17, 15) is 0 Å². The highest BCUT2D eigenvalue weighted by molar-refractivity contribution is 7.99. The molecule has 0 bridgehead atoms. The summed E-state index contributed by atoms with van der Waals surface area (Å²) < 4.78 is 1.84. The van der Waals surface area contributed by atoms with Gasteiger partial charge in [-0.15, -0.1) is 0 Å². The lowest BCUT2D eigenvalue weighted by Gasteiger charge is -2.39. The van der Waals surface area contributed by atoms with Crippen LogP contribution < -0.4 is 10.6 Å². The van der Waals surface area contributed by atoms with Crippen LogP contribution in [0.2, 0.25) is 5.02 Å². The Hall–Kier alpha value is -2.06. The third kappa shape index (κ3) is 3.08. The van der Waals surface area contributed by atoms with Gasteiger partial charge in [-0.05, 0) is 37.2 Å². The maximum absolute atomic E-state index is 6.30. The third-order valence-electron chi connectivity index (χ3n) is 6.13. The molecule has 1 saturated carbocycles. The molecule has 4 heterocycles. The molecule has 1 saturated heterocycles. The van der Waals surface area contributed by atoms with E-state index < -0.39 is 0 Å². The number of piperidine rings is 1. The van der Waals surface area contributed by atoms with Crippen LogP contribution >= 0.6 is 23.4 Å². The van der Waals surface area contributed by atoms with Gasteiger partial charge in [-0.25, -0.2) is 15.0 Å². The second-order valence-corrected chi connectivity index (χ2v) is 9.18. The van der Waals surface area contributed by atoms with Gasteiger partial charge in [0.1, 0.15) is 12.1 Å². The van der Waals surface area contributed by atoms with Crippen LogP contribution in [0.25, 0.3) is 5.65 Å². The van der Waals surface area contributed by atoms with Crippen molar-refractivity contribution in [3.63, 3.8) is 0 Å². The molecule has 0 unspecified atom stereocenters. The van der Waals surface area contributed by atoms with Crippen molar-refractivity contribution in [2.45, 2.75) is 48.3 Å². The summed E-state index contributed by atoms with van der Waals surface area (Å²) in [5.41, 5.74) is 7.18. The molecule has 0 radical (unpaired) electrons. The molecule has 7 nitrogen and oxygen atoms in total. The Kier molecular flexibility index (Phi) is 4.55. The van der Waals surface area contributed by atoms with Crippen molar-refractivity contribution in [3.8, 4) is 0 Å². The summed E-state index contributed by atoms with van der Waals surface area (Å²) in [7, 11) is 0. The number of rotatable bonds is 3. The van der Waals surface area contributed by atoms with Crippen molar-refractivity contribution in [3.05, 3.63) is 29.8 Å². The zero-order valence-corrected chi connectivity index (χ0v) is 17.1. The van der Waals surface area contributed by atoms with Crippen molar-refractivity contribution < 1.29 is 0 Å². The third-order valence-corrected chi connectivity index (χ3v) is 7.70. The van der Waals surface area contributed by atoms with Gasteiger partial charge in [0.25, 0.3) is 0 Å². The van der Waals surface area contributed by atoms with Crippen LogP contribution in [0, 0.1) is 5.41 Å². The first-order valence-electron chi connectivity index (χ1n) is 9.67. The van der Waals surface area contributed by atoms with Crippen molar-refractivity contribution in [2.75, 3.05) is 23.7 Å². The summed E-state index contributed by atoms with van der Waals surface area (Å²) in [6.45, 7) is 2.06. The maximum Gasteiger partial charge on any atom is 0.228 e. The van der Waals surface area contributed by atoms with E-state index in [-0.39, 0.29) is 0 Å². The summed E-state index contributed by atoms with van der Waals surface area (Å²) >= 11 is 7.78. The molecular weight excluding hydrogens is 394 g/mol. The Balaban J connectivity index is 1.43. The molecule has 3 aromatic rings. The van der Waals surface area contributed by atoms with Crippen molar-refractivity contribution in [1.29, 1.82) is 0 Å². The molecule has 1 aliphatic heterocycles. The smallest absolute Gasteiger partial charge is 0.228 e. The van der Waals surface area contributed by atoms with E-state index in [0.29, 0.717) is 16.3 Å². The number of pyridine rings is 1. The van der Waals surface area contributed by atoms with E-state index in [4.69, 9.17) is 22.3 Å². The maximum atomic E-state index is 6.30. The molecule has 0 amide bonds. The number of fused-ring (bicyclic) bond motifs is 1. The molecule has 5 rings (SSSR count). The van der Waals surface area contributed by atoms with Gasteiger partial charge in [-0.2, -0.15) is 9.61 Å². The Morgan fingerprint density at radius 3 is 2.61 bits per heavy atom. The van der Waals surface area contributed by atoms with Gasteiger partial charge >= 0.3 is 0 Å².